The Morgan fingerprint density at radius 3 is 2.62 bits per heavy atom. The zero-order valence-corrected chi connectivity index (χ0v) is 9.37. The summed E-state index contributed by atoms with van der Waals surface area (Å²) in [6.45, 7) is 2.41. The van der Waals surface area contributed by atoms with E-state index in [4.69, 9.17) is 5.11 Å². The monoisotopic (exact) mass is 226 g/mol. The molecule has 2 fully saturated rings. The average molecular weight is 226 g/mol. The first kappa shape index (κ1) is 11.4. The molecule has 0 atom stereocenters. The minimum absolute atomic E-state index is 0.00977. The summed E-state index contributed by atoms with van der Waals surface area (Å²) in [7, 11) is 0. The van der Waals surface area contributed by atoms with Crippen LogP contribution in [0.5, 0.6) is 0 Å². The molecule has 2 heterocycles. The highest BCUT2D eigenvalue weighted by molar-refractivity contribution is 5.82. The van der Waals surface area contributed by atoms with Gasteiger partial charge in [0, 0.05) is 13.0 Å². The highest BCUT2D eigenvalue weighted by Gasteiger charge is 2.39. The molecule has 0 saturated carbocycles. The number of hydrogen-bond donors (Lipinski definition) is 2. The molecular weight excluding hydrogens is 208 g/mol. The van der Waals surface area contributed by atoms with Gasteiger partial charge in [0.1, 0.15) is 6.54 Å². The second-order valence-corrected chi connectivity index (χ2v) is 4.89. The van der Waals surface area contributed by atoms with Gasteiger partial charge in [0.15, 0.2) is 0 Å². The van der Waals surface area contributed by atoms with E-state index in [9.17, 15) is 9.59 Å². The molecule has 2 aliphatic rings. The van der Waals surface area contributed by atoms with E-state index in [-0.39, 0.29) is 17.9 Å². The summed E-state index contributed by atoms with van der Waals surface area (Å²) in [5.74, 6) is -0.912. The SMILES string of the molecule is O=C(O)CN1CCC2(CCNCC2)CC1=O. The molecule has 0 aromatic carbocycles. The van der Waals surface area contributed by atoms with E-state index in [1.54, 1.807) is 0 Å². The number of rotatable bonds is 2. The summed E-state index contributed by atoms with van der Waals surface area (Å²) in [5.41, 5.74) is 0.150. The predicted molar refractivity (Wildman–Crippen MR) is 58.0 cm³/mol. The predicted octanol–water partition coefficient (Wildman–Crippen LogP) is 0.0632. The van der Waals surface area contributed by atoms with Crippen LogP contribution in [0.1, 0.15) is 25.7 Å². The van der Waals surface area contributed by atoms with E-state index in [1.165, 1.54) is 4.90 Å². The molecule has 5 nitrogen and oxygen atoms in total. The van der Waals surface area contributed by atoms with Crippen LogP contribution in [0.4, 0.5) is 0 Å². The number of nitrogens with one attached hydrogen (secondary N) is 1. The van der Waals surface area contributed by atoms with E-state index in [0.717, 1.165) is 32.4 Å². The smallest absolute Gasteiger partial charge is 0.323 e. The standard InChI is InChI=1S/C11H18N2O3/c14-9-7-11(1-4-12-5-2-11)3-6-13(9)8-10(15)16/h12H,1-8H2,(H,15,16). The number of hydrogen-bond acceptors (Lipinski definition) is 3. The summed E-state index contributed by atoms with van der Waals surface area (Å²) in [5, 5.41) is 12.0. The number of aliphatic carboxylic acids is 1. The Morgan fingerprint density at radius 1 is 1.38 bits per heavy atom. The molecule has 2 saturated heterocycles. The highest BCUT2D eigenvalue weighted by Crippen LogP contribution is 2.39. The van der Waals surface area contributed by atoms with Gasteiger partial charge in [-0.05, 0) is 37.8 Å². The molecule has 0 aromatic rings. The fourth-order valence-corrected chi connectivity index (χ4v) is 2.73. The second kappa shape index (κ2) is 4.41. The maximum Gasteiger partial charge on any atom is 0.323 e. The molecule has 0 unspecified atom stereocenters. The van der Waals surface area contributed by atoms with E-state index in [0.29, 0.717) is 13.0 Å². The summed E-state index contributed by atoms with van der Waals surface area (Å²) in [4.78, 5) is 23.9. The lowest BCUT2D eigenvalue weighted by Crippen LogP contribution is -2.49. The molecule has 5 heteroatoms. The zero-order chi connectivity index (χ0) is 11.6. The third kappa shape index (κ3) is 2.35. The van der Waals surface area contributed by atoms with Gasteiger partial charge in [-0.3, -0.25) is 9.59 Å². The van der Waals surface area contributed by atoms with Gasteiger partial charge in [-0.1, -0.05) is 0 Å². The van der Waals surface area contributed by atoms with E-state index in [1.807, 2.05) is 0 Å². The van der Waals surface area contributed by atoms with Crippen LogP contribution in [-0.4, -0.2) is 48.1 Å². The van der Waals surface area contributed by atoms with Crippen LogP contribution in [0.2, 0.25) is 0 Å². The van der Waals surface area contributed by atoms with Gasteiger partial charge < -0.3 is 15.3 Å². The minimum atomic E-state index is -0.922. The van der Waals surface area contributed by atoms with Crippen molar-refractivity contribution in [1.29, 1.82) is 0 Å². The Hall–Kier alpha value is -1.10. The number of carboxylic acid groups (broad SMARTS) is 1. The average Bonchev–Trinajstić information content (AvgIpc) is 2.23. The van der Waals surface area contributed by atoms with Gasteiger partial charge in [-0.2, -0.15) is 0 Å². The van der Waals surface area contributed by atoms with Crippen molar-refractivity contribution in [1.82, 2.24) is 10.2 Å². The molecule has 0 bridgehead atoms. The maximum atomic E-state index is 11.8. The fraction of sp³-hybridized carbons (Fsp3) is 0.818. The van der Waals surface area contributed by atoms with E-state index in [2.05, 4.69) is 5.32 Å². The zero-order valence-electron chi connectivity index (χ0n) is 9.37. The summed E-state index contributed by atoms with van der Waals surface area (Å²) >= 11 is 0. The Bertz CT molecular complexity index is 298. The molecule has 0 aliphatic carbocycles. The van der Waals surface area contributed by atoms with Gasteiger partial charge in [0.25, 0.3) is 0 Å². The lowest BCUT2D eigenvalue weighted by molar-refractivity contribution is -0.148. The number of carbonyl (C=O) groups is 2. The van der Waals surface area contributed by atoms with Crippen molar-refractivity contribution < 1.29 is 14.7 Å². The summed E-state index contributed by atoms with van der Waals surface area (Å²) in [6.07, 6.45) is 3.56. The van der Waals surface area contributed by atoms with Crippen molar-refractivity contribution in [2.45, 2.75) is 25.7 Å². The lowest BCUT2D eigenvalue weighted by atomic mass is 9.71. The molecule has 1 spiro atoms. The first-order valence-electron chi connectivity index (χ1n) is 5.82. The number of nitrogens with zero attached hydrogens (tertiary/aromatic N) is 1. The van der Waals surface area contributed by atoms with Gasteiger partial charge >= 0.3 is 5.97 Å². The summed E-state index contributed by atoms with van der Waals surface area (Å²) < 4.78 is 0. The molecule has 16 heavy (non-hydrogen) atoms. The number of piperidine rings is 2. The van der Waals surface area contributed by atoms with E-state index < -0.39 is 5.97 Å². The van der Waals surface area contributed by atoms with Crippen molar-refractivity contribution in [3.63, 3.8) is 0 Å². The largest absolute Gasteiger partial charge is 0.480 e. The van der Waals surface area contributed by atoms with Gasteiger partial charge in [-0.25, -0.2) is 0 Å². The first-order valence-corrected chi connectivity index (χ1v) is 5.82. The molecule has 2 rings (SSSR count). The van der Waals surface area contributed by atoms with Crippen molar-refractivity contribution in [2.24, 2.45) is 5.41 Å². The van der Waals surface area contributed by atoms with Crippen molar-refractivity contribution in [3.8, 4) is 0 Å². The lowest BCUT2D eigenvalue weighted by Gasteiger charge is -2.43. The molecular formula is C11H18N2O3. The third-order valence-corrected chi connectivity index (χ3v) is 3.78. The van der Waals surface area contributed by atoms with Crippen LogP contribution >= 0.6 is 0 Å². The van der Waals surface area contributed by atoms with E-state index >= 15 is 0 Å². The van der Waals surface area contributed by atoms with Gasteiger partial charge in [-0.15, -0.1) is 0 Å². The highest BCUT2D eigenvalue weighted by atomic mass is 16.4. The third-order valence-electron chi connectivity index (χ3n) is 3.78. The van der Waals surface area contributed by atoms with Gasteiger partial charge in [0.05, 0.1) is 0 Å². The number of carboxylic acids is 1. The quantitative estimate of drug-likeness (QED) is 0.698. The minimum Gasteiger partial charge on any atom is -0.480 e. The number of carbonyl (C=O) groups excluding carboxylic acids is 1. The molecule has 1 amide bonds. The molecule has 90 valence electrons. The molecule has 2 aliphatic heterocycles. The Labute approximate surface area is 94.8 Å². The van der Waals surface area contributed by atoms with Crippen LogP contribution in [0.3, 0.4) is 0 Å². The van der Waals surface area contributed by atoms with Crippen molar-refractivity contribution in [3.05, 3.63) is 0 Å². The summed E-state index contributed by atoms with van der Waals surface area (Å²) in [6, 6.07) is 0. The molecule has 0 aromatic heterocycles. The van der Waals surface area contributed by atoms with Crippen LogP contribution in [-0.2, 0) is 9.59 Å². The molecule has 0 radical (unpaired) electrons. The molecule has 2 N–H and O–H groups in total. The maximum absolute atomic E-state index is 11.8. The topological polar surface area (TPSA) is 69.6 Å². The number of amides is 1. The first-order chi connectivity index (χ1) is 7.61. The van der Waals surface area contributed by atoms with Crippen LogP contribution in [0.15, 0.2) is 0 Å². The van der Waals surface area contributed by atoms with Crippen molar-refractivity contribution in [2.75, 3.05) is 26.2 Å². The Kier molecular flexibility index (Phi) is 3.14. The van der Waals surface area contributed by atoms with Crippen LogP contribution < -0.4 is 5.32 Å². The normalized spacial score (nSPS) is 24.8. The fourth-order valence-electron chi connectivity index (χ4n) is 2.73. The second-order valence-electron chi connectivity index (χ2n) is 4.89. The van der Waals surface area contributed by atoms with Crippen LogP contribution in [0, 0.1) is 5.41 Å². The number of likely N-dealkylation sites (tertiary alicyclic amines) is 1. The Morgan fingerprint density at radius 2 is 2.06 bits per heavy atom. The van der Waals surface area contributed by atoms with Gasteiger partial charge in [0.2, 0.25) is 5.91 Å². The van der Waals surface area contributed by atoms with Crippen molar-refractivity contribution >= 4 is 11.9 Å². The Balaban J connectivity index is 1.96. The van der Waals surface area contributed by atoms with Crippen LogP contribution in [0.25, 0.3) is 0 Å².